The molecule has 104 valence electrons. The second kappa shape index (κ2) is 5.56. The molecular weight excluding hydrogens is 355 g/mol. The Kier molecular flexibility index (Phi) is 4.23. The summed E-state index contributed by atoms with van der Waals surface area (Å²) in [5.41, 5.74) is 1.75. The molecule has 0 radical (unpaired) electrons. The van der Waals surface area contributed by atoms with Gasteiger partial charge in [-0.25, -0.2) is 4.79 Å². The molecule has 2 rings (SSSR count). The lowest BCUT2D eigenvalue weighted by Gasteiger charge is -2.29. The van der Waals surface area contributed by atoms with Crippen molar-refractivity contribution in [2.75, 3.05) is 11.9 Å². The summed E-state index contributed by atoms with van der Waals surface area (Å²) < 4.78 is 6.48. The third kappa shape index (κ3) is 3.99. The van der Waals surface area contributed by atoms with E-state index in [2.05, 4.69) is 51.4 Å². The van der Waals surface area contributed by atoms with E-state index in [1.807, 2.05) is 20.8 Å². The van der Waals surface area contributed by atoms with Crippen LogP contribution in [0.4, 0.5) is 10.5 Å². The number of anilines is 1. The van der Waals surface area contributed by atoms with Gasteiger partial charge >= 0.3 is 6.09 Å². The van der Waals surface area contributed by atoms with Gasteiger partial charge in [-0.1, -0.05) is 0 Å². The molecule has 1 unspecified atom stereocenters. The van der Waals surface area contributed by atoms with Crippen LogP contribution in [0.25, 0.3) is 0 Å². The van der Waals surface area contributed by atoms with Gasteiger partial charge in [-0.3, -0.25) is 0 Å². The summed E-state index contributed by atoms with van der Waals surface area (Å²) in [6.45, 7) is 6.46. The molecular formula is C14H19IN2O2. The molecule has 4 nitrogen and oxygen atoms in total. The Morgan fingerprint density at radius 1 is 1.47 bits per heavy atom. The number of carbonyl (C=O) groups is 1. The maximum Gasteiger partial charge on any atom is 0.408 e. The fraction of sp³-hybridized carbons (Fsp3) is 0.500. The van der Waals surface area contributed by atoms with E-state index < -0.39 is 5.60 Å². The van der Waals surface area contributed by atoms with Crippen LogP contribution in [0, 0.1) is 3.57 Å². The summed E-state index contributed by atoms with van der Waals surface area (Å²) in [5, 5.41) is 6.30. The van der Waals surface area contributed by atoms with Crippen molar-refractivity contribution >= 4 is 34.4 Å². The van der Waals surface area contributed by atoms with Crippen molar-refractivity contribution in [2.45, 2.75) is 38.8 Å². The fourth-order valence-corrected chi connectivity index (χ4v) is 2.60. The summed E-state index contributed by atoms with van der Waals surface area (Å²) in [6, 6.07) is 6.23. The van der Waals surface area contributed by atoms with Crippen LogP contribution < -0.4 is 10.6 Å². The maximum atomic E-state index is 11.9. The van der Waals surface area contributed by atoms with E-state index in [9.17, 15) is 4.79 Å². The third-order valence-corrected chi connectivity index (χ3v) is 3.50. The number of fused-ring (bicyclic) bond motifs is 1. The molecule has 1 amide bonds. The molecule has 19 heavy (non-hydrogen) atoms. The number of ether oxygens (including phenoxy) is 1. The van der Waals surface area contributed by atoms with Crippen LogP contribution in [0.15, 0.2) is 18.2 Å². The predicted octanol–water partition coefficient (Wildman–Crippen LogP) is 3.67. The molecule has 0 aliphatic carbocycles. The normalized spacial score (nSPS) is 18.2. The van der Waals surface area contributed by atoms with Crippen molar-refractivity contribution in [1.82, 2.24) is 5.32 Å². The Hall–Kier alpha value is -0.980. The highest BCUT2D eigenvalue weighted by Gasteiger charge is 2.24. The molecule has 1 atom stereocenters. The summed E-state index contributed by atoms with van der Waals surface area (Å²) in [7, 11) is 0. The second-order valence-electron chi connectivity index (χ2n) is 5.65. The van der Waals surface area contributed by atoms with Crippen LogP contribution in [0.3, 0.4) is 0 Å². The van der Waals surface area contributed by atoms with Crippen LogP contribution in [-0.2, 0) is 4.74 Å². The molecule has 0 saturated carbocycles. The van der Waals surface area contributed by atoms with Gasteiger partial charge in [0, 0.05) is 15.8 Å². The number of rotatable bonds is 1. The zero-order valence-electron chi connectivity index (χ0n) is 11.4. The van der Waals surface area contributed by atoms with Gasteiger partial charge in [-0.2, -0.15) is 0 Å². The Morgan fingerprint density at radius 3 is 2.89 bits per heavy atom. The lowest BCUT2D eigenvalue weighted by atomic mass is 9.98. The molecule has 0 spiro atoms. The monoisotopic (exact) mass is 374 g/mol. The molecule has 1 aromatic rings. The smallest absolute Gasteiger partial charge is 0.408 e. The molecule has 1 heterocycles. The van der Waals surface area contributed by atoms with E-state index in [4.69, 9.17) is 4.74 Å². The number of alkyl carbamates (subject to hydrolysis) is 1. The molecule has 0 bridgehead atoms. The van der Waals surface area contributed by atoms with E-state index in [0.717, 1.165) is 27.8 Å². The van der Waals surface area contributed by atoms with Gasteiger partial charge < -0.3 is 15.4 Å². The van der Waals surface area contributed by atoms with Crippen LogP contribution in [0.5, 0.6) is 0 Å². The number of hydrogen-bond donors (Lipinski definition) is 2. The van der Waals surface area contributed by atoms with Gasteiger partial charge in [0.05, 0.1) is 6.04 Å². The standard InChI is InChI=1S/C14H19IN2O2/c1-14(2,3)19-13(18)17-12-6-7-16-11-5-4-9(15)8-10(11)12/h4-5,8,12,16H,6-7H2,1-3H3,(H,17,18). The molecule has 0 aromatic heterocycles. The van der Waals surface area contributed by atoms with Crippen molar-refractivity contribution in [3.63, 3.8) is 0 Å². The first-order valence-electron chi connectivity index (χ1n) is 6.38. The Morgan fingerprint density at radius 2 is 2.21 bits per heavy atom. The summed E-state index contributed by atoms with van der Waals surface area (Å²) in [5.74, 6) is 0. The third-order valence-electron chi connectivity index (χ3n) is 2.83. The number of carbonyl (C=O) groups excluding carboxylic acids is 1. The Bertz CT molecular complexity index is 483. The zero-order valence-corrected chi connectivity index (χ0v) is 13.6. The van der Waals surface area contributed by atoms with Crippen LogP contribution in [0.1, 0.15) is 38.8 Å². The number of hydrogen-bond acceptors (Lipinski definition) is 3. The van der Waals surface area contributed by atoms with Crippen molar-refractivity contribution in [1.29, 1.82) is 0 Å². The van der Waals surface area contributed by atoms with Crippen molar-refractivity contribution in [3.8, 4) is 0 Å². The Labute approximate surface area is 127 Å². The highest BCUT2D eigenvalue weighted by atomic mass is 127. The lowest BCUT2D eigenvalue weighted by molar-refractivity contribution is 0.0501. The summed E-state index contributed by atoms with van der Waals surface area (Å²) in [6.07, 6.45) is 0.510. The van der Waals surface area contributed by atoms with E-state index in [1.54, 1.807) is 0 Å². The quantitative estimate of drug-likeness (QED) is 0.738. The first-order valence-corrected chi connectivity index (χ1v) is 7.46. The molecule has 1 aliphatic rings. The minimum Gasteiger partial charge on any atom is -0.444 e. The minimum atomic E-state index is -0.467. The number of benzene rings is 1. The fourth-order valence-electron chi connectivity index (χ4n) is 2.09. The van der Waals surface area contributed by atoms with Crippen molar-refractivity contribution < 1.29 is 9.53 Å². The molecule has 5 heteroatoms. The van der Waals surface area contributed by atoms with Crippen molar-refractivity contribution in [3.05, 3.63) is 27.3 Å². The average Bonchev–Trinajstić information content (AvgIpc) is 2.27. The molecule has 0 saturated heterocycles. The van der Waals surface area contributed by atoms with E-state index in [0.29, 0.717) is 0 Å². The van der Waals surface area contributed by atoms with Crippen LogP contribution >= 0.6 is 22.6 Å². The van der Waals surface area contributed by atoms with Gasteiger partial charge in [0.1, 0.15) is 5.60 Å². The first kappa shape index (κ1) is 14.4. The SMILES string of the molecule is CC(C)(C)OC(=O)NC1CCNc2ccc(I)cc21. The lowest BCUT2D eigenvalue weighted by Crippen LogP contribution is -2.37. The Balaban J connectivity index is 2.11. The summed E-state index contributed by atoms with van der Waals surface area (Å²) in [4.78, 5) is 11.9. The average molecular weight is 374 g/mol. The molecule has 0 fully saturated rings. The minimum absolute atomic E-state index is 0.0146. The number of halogens is 1. The zero-order chi connectivity index (χ0) is 14.0. The van der Waals surface area contributed by atoms with Crippen LogP contribution in [-0.4, -0.2) is 18.2 Å². The predicted molar refractivity (Wildman–Crippen MR) is 84.4 cm³/mol. The van der Waals surface area contributed by atoms with Gasteiger partial charge in [0.2, 0.25) is 0 Å². The topological polar surface area (TPSA) is 50.4 Å². The number of nitrogens with one attached hydrogen (secondary N) is 2. The largest absolute Gasteiger partial charge is 0.444 e. The molecule has 2 N–H and O–H groups in total. The van der Waals surface area contributed by atoms with E-state index in [-0.39, 0.29) is 12.1 Å². The van der Waals surface area contributed by atoms with Crippen LogP contribution in [0.2, 0.25) is 0 Å². The molecule has 1 aromatic carbocycles. The van der Waals surface area contributed by atoms with Gasteiger partial charge in [-0.15, -0.1) is 0 Å². The maximum absolute atomic E-state index is 11.9. The van der Waals surface area contributed by atoms with Gasteiger partial charge in [-0.05, 0) is 73.5 Å². The summed E-state index contributed by atoms with van der Waals surface area (Å²) >= 11 is 2.28. The number of amides is 1. The second-order valence-corrected chi connectivity index (χ2v) is 6.89. The molecule has 1 aliphatic heterocycles. The highest BCUT2D eigenvalue weighted by Crippen LogP contribution is 2.31. The van der Waals surface area contributed by atoms with E-state index >= 15 is 0 Å². The van der Waals surface area contributed by atoms with Gasteiger partial charge in [0.25, 0.3) is 0 Å². The van der Waals surface area contributed by atoms with Gasteiger partial charge in [0.15, 0.2) is 0 Å². The van der Waals surface area contributed by atoms with E-state index in [1.165, 1.54) is 0 Å². The highest BCUT2D eigenvalue weighted by molar-refractivity contribution is 14.1. The van der Waals surface area contributed by atoms with Crippen molar-refractivity contribution in [2.24, 2.45) is 0 Å². The first-order chi connectivity index (χ1) is 8.85.